The van der Waals surface area contributed by atoms with E-state index in [1.165, 1.54) is 6.08 Å². The molecule has 0 saturated carbocycles. The van der Waals surface area contributed by atoms with Crippen LogP contribution < -0.4 is 5.32 Å². The summed E-state index contributed by atoms with van der Waals surface area (Å²) < 4.78 is 5.17. The summed E-state index contributed by atoms with van der Waals surface area (Å²) in [6, 6.07) is 0. The first-order valence-electron chi connectivity index (χ1n) is 6.20. The first kappa shape index (κ1) is 15.8. The van der Waals surface area contributed by atoms with Gasteiger partial charge in [-0.3, -0.25) is 9.59 Å². The van der Waals surface area contributed by atoms with Gasteiger partial charge in [0.2, 0.25) is 5.91 Å². The second kappa shape index (κ2) is 11.3. The highest BCUT2D eigenvalue weighted by molar-refractivity contribution is 5.88. The molecule has 98 valence electrons. The van der Waals surface area contributed by atoms with Crippen molar-refractivity contribution in [2.24, 2.45) is 0 Å². The Kier molecular flexibility index (Phi) is 10.6. The van der Waals surface area contributed by atoms with Crippen LogP contribution in [0.2, 0.25) is 0 Å². The Labute approximate surface area is 103 Å². The number of carbonyl (C=O) groups excluding carboxylic acids is 2. The second-order valence-corrected chi connectivity index (χ2v) is 3.88. The van der Waals surface area contributed by atoms with Crippen LogP contribution in [0.4, 0.5) is 0 Å². The summed E-state index contributed by atoms with van der Waals surface area (Å²) in [6.45, 7) is 6.84. The third-order valence-electron chi connectivity index (χ3n) is 2.28. The number of rotatable bonds is 11. The molecule has 0 aliphatic rings. The molecule has 0 fully saturated rings. The van der Waals surface area contributed by atoms with Gasteiger partial charge in [-0.2, -0.15) is 0 Å². The van der Waals surface area contributed by atoms with Gasteiger partial charge in [-0.1, -0.05) is 19.9 Å². The van der Waals surface area contributed by atoms with Gasteiger partial charge in [-0.05, 0) is 25.3 Å². The Hall–Kier alpha value is -1.16. The lowest BCUT2D eigenvalue weighted by atomic mass is 10.2. The Bertz CT molecular complexity index is 239. The lowest BCUT2D eigenvalue weighted by Gasteiger charge is -2.05. The summed E-state index contributed by atoms with van der Waals surface area (Å²) >= 11 is 0. The van der Waals surface area contributed by atoms with Crippen LogP contribution in [0.1, 0.15) is 39.0 Å². The van der Waals surface area contributed by atoms with Gasteiger partial charge in [0.15, 0.2) is 5.78 Å². The van der Waals surface area contributed by atoms with Crippen LogP contribution in [0, 0.1) is 0 Å². The van der Waals surface area contributed by atoms with E-state index < -0.39 is 0 Å². The fourth-order valence-corrected chi connectivity index (χ4v) is 1.22. The quantitative estimate of drug-likeness (QED) is 0.443. The smallest absolute Gasteiger partial charge is 0.245 e. The van der Waals surface area contributed by atoms with Crippen molar-refractivity contribution in [3.05, 3.63) is 12.7 Å². The minimum atomic E-state index is -0.0869. The average molecular weight is 241 g/mol. The second-order valence-electron chi connectivity index (χ2n) is 3.88. The highest BCUT2D eigenvalue weighted by atomic mass is 16.5. The zero-order valence-electron chi connectivity index (χ0n) is 10.7. The van der Waals surface area contributed by atoms with E-state index >= 15 is 0 Å². The third kappa shape index (κ3) is 11.1. The predicted octanol–water partition coefficient (Wildman–Crippen LogP) is 1.84. The fraction of sp³-hybridized carbons (Fsp3) is 0.692. The van der Waals surface area contributed by atoms with Gasteiger partial charge in [-0.15, -0.1) is 0 Å². The van der Waals surface area contributed by atoms with Gasteiger partial charge in [0.1, 0.15) is 6.61 Å². The molecule has 4 heteroatoms. The van der Waals surface area contributed by atoms with Crippen LogP contribution >= 0.6 is 0 Å². The number of hydrogen-bond acceptors (Lipinski definition) is 3. The Morgan fingerprint density at radius 1 is 1.29 bits per heavy atom. The Balaban J connectivity index is 3.27. The SMILES string of the molecule is C=CC(=O)CCCCNC(=O)COCCCC. The van der Waals surface area contributed by atoms with Crippen molar-refractivity contribution in [1.82, 2.24) is 5.32 Å². The normalized spacial score (nSPS) is 9.94. The molecule has 0 aliphatic carbocycles. The van der Waals surface area contributed by atoms with E-state index in [1.807, 2.05) is 0 Å². The molecule has 17 heavy (non-hydrogen) atoms. The van der Waals surface area contributed by atoms with Crippen LogP contribution in [-0.4, -0.2) is 31.4 Å². The van der Waals surface area contributed by atoms with Crippen LogP contribution in [0.15, 0.2) is 12.7 Å². The van der Waals surface area contributed by atoms with Crippen molar-refractivity contribution < 1.29 is 14.3 Å². The number of unbranched alkanes of at least 4 members (excludes halogenated alkanes) is 2. The zero-order chi connectivity index (χ0) is 12.9. The minimum Gasteiger partial charge on any atom is -0.372 e. The largest absolute Gasteiger partial charge is 0.372 e. The molecular weight excluding hydrogens is 218 g/mol. The van der Waals surface area contributed by atoms with Crippen molar-refractivity contribution in [3.8, 4) is 0 Å². The van der Waals surface area contributed by atoms with Crippen LogP contribution in [-0.2, 0) is 14.3 Å². The van der Waals surface area contributed by atoms with E-state index in [0.717, 1.165) is 25.7 Å². The molecule has 0 bridgehead atoms. The molecule has 0 unspecified atom stereocenters. The maximum Gasteiger partial charge on any atom is 0.245 e. The molecule has 0 radical (unpaired) electrons. The maximum atomic E-state index is 11.2. The highest BCUT2D eigenvalue weighted by Gasteiger charge is 2.00. The lowest BCUT2D eigenvalue weighted by molar-refractivity contribution is -0.125. The van der Waals surface area contributed by atoms with Gasteiger partial charge in [0.25, 0.3) is 0 Å². The molecule has 1 amide bonds. The molecule has 0 aromatic rings. The average Bonchev–Trinajstić information content (AvgIpc) is 2.34. The molecule has 1 N–H and O–H groups in total. The molecule has 0 heterocycles. The standard InChI is InChI=1S/C13H23NO3/c1-3-5-10-17-11-13(16)14-9-7-6-8-12(15)4-2/h4H,2-3,5-11H2,1H3,(H,14,16). The van der Waals surface area contributed by atoms with Gasteiger partial charge in [0.05, 0.1) is 0 Å². The van der Waals surface area contributed by atoms with Crippen LogP contribution in [0.5, 0.6) is 0 Å². The highest BCUT2D eigenvalue weighted by Crippen LogP contribution is 1.95. The first-order chi connectivity index (χ1) is 8.20. The van der Waals surface area contributed by atoms with Crippen molar-refractivity contribution in [3.63, 3.8) is 0 Å². The number of hydrogen-bond donors (Lipinski definition) is 1. The maximum absolute atomic E-state index is 11.2. The molecule has 0 rings (SSSR count). The van der Waals surface area contributed by atoms with Crippen molar-refractivity contribution >= 4 is 11.7 Å². The summed E-state index contributed by atoms with van der Waals surface area (Å²) in [5.41, 5.74) is 0. The summed E-state index contributed by atoms with van der Waals surface area (Å²) in [5, 5.41) is 2.75. The molecule has 0 aliphatic heterocycles. The van der Waals surface area contributed by atoms with Gasteiger partial charge >= 0.3 is 0 Å². The molecule has 4 nitrogen and oxygen atoms in total. The molecule has 0 aromatic heterocycles. The topological polar surface area (TPSA) is 55.4 Å². The summed E-state index contributed by atoms with van der Waals surface area (Å²) in [4.78, 5) is 22.1. The predicted molar refractivity (Wildman–Crippen MR) is 67.8 cm³/mol. The summed E-state index contributed by atoms with van der Waals surface area (Å²) in [7, 11) is 0. The van der Waals surface area contributed by atoms with Crippen LogP contribution in [0.3, 0.4) is 0 Å². The van der Waals surface area contributed by atoms with E-state index in [9.17, 15) is 9.59 Å². The van der Waals surface area contributed by atoms with E-state index in [2.05, 4.69) is 18.8 Å². The number of ketones is 1. The molecule has 0 spiro atoms. The van der Waals surface area contributed by atoms with Crippen molar-refractivity contribution in [2.75, 3.05) is 19.8 Å². The molecule has 0 saturated heterocycles. The third-order valence-corrected chi connectivity index (χ3v) is 2.28. The fourth-order valence-electron chi connectivity index (χ4n) is 1.22. The number of allylic oxidation sites excluding steroid dienone is 1. The lowest BCUT2D eigenvalue weighted by Crippen LogP contribution is -2.28. The Morgan fingerprint density at radius 2 is 2.06 bits per heavy atom. The van der Waals surface area contributed by atoms with E-state index in [0.29, 0.717) is 19.6 Å². The molecule has 0 atom stereocenters. The molecular formula is C13H23NO3. The van der Waals surface area contributed by atoms with Gasteiger partial charge < -0.3 is 10.1 Å². The van der Waals surface area contributed by atoms with Gasteiger partial charge in [-0.25, -0.2) is 0 Å². The van der Waals surface area contributed by atoms with E-state index in [-0.39, 0.29) is 18.3 Å². The Morgan fingerprint density at radius 3 is 2.71 bits per heavy atom. The zero-order valence-corrected chi connectivity index (χ0v) is 10.7. The molecule has 0 aromatic carbocycles. The minimum absolute atomic E-state index is 0.0548. The van der Waals surface area contributed by atoms with Crippen LogP contribution in [0.25, 0.3) is 0 Å². The number of nitrogens with one attached hydrogen (secondary N) is 1. The summed E-state index contributed by atoms with van der Waals surface area (Å²) in [6.07, 6.45) is 5.48. The number of carbonyl (C=O) groups is 2. The number of ether oxygens (including phenoxy) is 1. The van der Waals surface area contributed by atoms with E-state index in [4.69, 9.17) is 4.74 Å². The van der Waals surface area contributed by atoms with Crippen molar-refractivity contribution in [2.45, 2.75) is 39.0 Å². The first-order valence-corrected chi connectivity index (χ1v) is 6.20. The monoisotopic (exact) mass is 241 g/mol. The van der Waals surface area contributed by atoms with Crippen molar-refractivity contribution in [1.29, 1.82) is 0 Å². The number of amides is 1. The van der Waals surface area contributed by atoms with Gasteiger partial charge in [0, 0.05) is 19.6 Å². The summed E-state index contributed by atoms with van der Waals surface area (Å²) in [5.74, 6) is -0.0321. The van der Waals surface area contributed by atoms with E-state index in [1.54, 1.807) is 0 Å².